The maximum atomic E-state index is 12.6. The third-order valence-corrected chi connectivity index (χ3v) is 3.32. The van der Waals surface area contributed by atoms with E-state index in [0.717, 1.165) is 6.54 Å². The Morgan fingerprint density at radius 3 is 3.00 bits per heavy atom. The number of nitrogens with zero attached hydrogens (tertiary/aromatic N) is 1. The van der Waals surface area contributed by atoms with Crippen LogP contribution in [0.5, 0.6) is 5.75 Å². The highest BCUT2D eigenvalue weighted by Crippen LogP contribution is 2.22. The topological polar surface area (TPSA) is 50.8 Å². The zero-order valence-electron chi connectivity index (χ0n) is 12.1. The van der Waals surface area contributed by atoms with Crippen molar-refractivity contribution in [1.29, 1.82) is 0 Å². The number of methoxy groups -OCH3 is 1. The van der Waals surface area contributed by atoms with Crippen molar-refractivity contribution < 1.29 is 14.3 Å². The molecular formula is C15H22N2O3. The minimum absolute atomic E-state index is 0.0251. The van der Waals surface area contributed by atoms with Crippen LogP contribution in [0.3, 0.4) is 0 Å². The minimum atomic E-state index is 0.0251. The molecule has 1 N–H and O–H groups in total. The maximum Gasteiger partial charge on any atom is 0.257 e. The van der Waals surface area contributed by atoms with Crippen LogP contribution in [0.4, 0.5) is 0 Å². The summed E-state index contributed by atoms with van der Waals surface area (Å²) in [6.45, 7) is 5.22. The normalized spacial score (nSPS) is 16.3. The van der Waals surface area contributed by atoms with E-state index in [0.29, 0.717) is 37.6 Å². The number of hydrogen-bond donors (Lipinski definition) is 1. The molecule has 5 heteroatoms. The maximum absolute atomic E-state index is 12.6. The van der Waals surface area contributed by atoms with Crippen molar-refractivity contribution in [3.8, 4) is 5.75 Å². The molecule has 0 aliphatic carbocycles. The molecule has 1 aromatic carbocycles. The fraction of sp³-hybridized carbons (Fsp3) is 0.533. The van der Waals surface area contributed by atoms with E-state index < -0.39 is 0 Å². The van der Waals surface area contributed by atoms with E-state index in [1.54, 1.807) is 7.11 Å². The van der Waals surface area contributed by atoms with E-state index in [2.05, 4.69) is 5.32 Å². The molecule has 1 aromatic rings. The van der Waals surface area contributed by atoms with Gasteiger partial charge in [-0.2, -0.15) is 0 Å². The lowest BCUT2D eigenvalue weighted by Gasteiger charge is -2.26. The quantitative estimate of drug-likeness (QED) is 0.848. The van der Waals surface area contributed by atoms with Crippen molar-refractivity contribution >= 4 is 5.91 Å². The van der Waals surface area contributed by atoms with Gasteiger partial charge in [0.25, 0.3) is 5.91 Å². The summed E-state index contributed by atoms with van der Waals surface area (Å²) < 4.78 is 10.8. The second kappa shape index (κ2) is 7.26. The summed E-state index contributed by atoms with van der Waals surface area (Å²) in [5, 5.41) is 3.34. The molecule has 1 aliphatic heterocycles. The van der Waals surface area contributed by atoms with E-state index in [9.17, 15) is 4.79 Å². The van der Waals surface area contributed by atoms with Gasteiger partial charge in [-0.3, -0.25) is 4.79 Å². The molecule has 5 nitrogen and oxygen atoms in total. The second-order valence-corrected chi connectivity index (χ2v) is 4.81. The van der Waals surface area contributed by atoms with Crippen LogP contribution in [-0.2, 0) is 4.74 Å². The Kier molecular flexibility index (Phi) is 5.38. The third-order valence-electron chi connectivity index (χ3n) is 3.32. The Bertz CT molecular complexity index is 444. The summed E-state index contributed by atoms with van der Waals surface area (Å²) in [5.41, 5.74) is 0.637. The van der Waals surface area contributed by atoms with Gasteiger partial charge in [0, 0.05) is 19.7 Å². The lowest BCUT2D eigenvalue weighted by Crippen LogP contribution is -2.46. The number of hydrogen-bond acceptors (Lipinski definition) is 4. The number of likely N-dealkylation sites (N-methyl/N-ethyl adjacent to an activating group) is 1. The first kappa shape index (κ1) is 14.8. The van der Waals surface area contributed by atoms with Gasteiger partial charge in [0.05, 0.1) is 18.7 Å². The fourth-order valence-corrected chi connectivity index (χ4v) is 2.41. The molecular weight excluding hydrogens is 256 g/mol. The van der Waals surface area contributed by atoms with Crippen LogP contribution in [0, 0.1) is 0 Å². The summed E-state index contributed by atoms with van der Waals surface area (Å²) in [6, 6.07) is 7.54. The van der Waals surface area contributed by atoms with Crippen molar-refractivity contribution in [3.63, 3.8) is 0 Å². The summed E-state index contributed by atoms with van der Waals surface area (Å²) in [7, 11) is 1.67. The average Bonchev–Trinajstić information content (AvgIpc) is 2.60. The number of rotatable bonds is 6. The molecule has 2 rings (SSSR count). The first-order valence-corrected chi connectivity index (χ1v) is 6.99. The molecule has 0 radical (unpaired) electrons. The molecule has 0 aromatic heterocycles. The Labute approximate surface area is 119 Å². The van der Waals surface area contributed by atoms with E-state index in [1.165, 1.54) is 0 Å². The highest BCUT2D eigenvalue weighted by molar-refractivity contribution is 5.97. The van der Waals surface area contributed by atoms with Gasteiger partial charge in [0.15, 0.2) is 0 Å². The van der Waals surface area contributed by atoms with Crippen LogP contribution < -0.4 is 10.1 Å². The molecule has 1 amide bonds. The highest BCUT2D eigenvalue weighted by atomic mass is 16.5. The molecule has 0 spiro atoms. The highest BCUT2D eigenvalue weighted by Gasteiger charge is 2.25. The first-order chi connectivity index (χ1) is 9.76. The number of para-hydroxylation sites is 1. The number of nitrogens with one attached hydrogen (secondary N) is 1. The van der Waals surface area contributed by atoms with E-state index in [-0.39, 0.29) is 11.9 Å². The molecule has 1 unspecified atom stereocenters. The molecule has 110 valence electrons. The Morgan fingerprint density at radius 1 is 1.45 bits per heavy atom. The van der Waals surface area contributed by atoms with Crippen LogP contribution in [0.25, 0.3) is 0 Å². The van der Waals surface area contributed by atoms with Crippen LogP contribution in [-0.4, -0.2) is 56.8 Å². The van der Waals surface area contributed by atoms with Crippen molar-refractivity contribution in [3.05, 3.63) is 29.8 Å². The van der Waals surface area contributed by atoms with Crippen LogP contribution in [0.2, 0.25) is 0 Å². The monoisotopic (exact) mass is 278 g/mol. The predicted molar refractivity (Wildman–Crippen MR) is 77.2 cm³/mol. The second-order valence-electron chi connectivity index (χ2n) is 4.81. The molecule has 20 heavy (non-hydrogen) atoms. The van der Waals surface area contributed by atoms with Gasteiger partial charge in [-0.1, -0.05) is 19.1 Å². The molecule has 0 saturated carbocycles. The standard InChI is InChI=1S/C15H22N2O3/c1-3-16-12(11-19-2)10-17-8-9-20-14-7-5-4-6-13(14)15(17)18/h4-7,12,16H,3,8-11H2,1-2H3. The summed E-state index contributed by atoms with van der Waals surface area (Å²) >= 11 is 0. The van der Waals surface area contributed by atoms with E-state index in [4.69, 9.17) is 9.47 Å². The zero-order valence-corrected chi connectivity index (χ0v) is 12.1. The predicted octanol–water partition coefficient (Wildman–Crippen LogP) is 1.15. The van der Waals surface area contributed by atoms with Crippen molar-refractivity contribution in [2.75, 3.05) is 40.0 Å². The molecule has 0 fully saturated rings. The summed E-state index contributed by atoms with van der Waals surface area (Å²) in [4.78, 5) is 14.4. The lowest BCUT2D eigenvalue weighted by atomic mass is 10.1. The fourth-order valence-electron chi connectivity index (χ4n) is 2.41. The van der Waals surface area contributed by atoms with Gasteiger partial charge in [-0.25, -0.2) is 0 Å². The lowest BCUT2D eigenvalue weighted by molar-refractivity contribution is 0.0701. The third kappa shape index (κ3) is 3.49. The Hall–Kier alpha value is -1.59. The van der Waals surface area contributed by atoms with Gasteiger partial charge in [-0.15, -0.1) is 0 Å². The van der Waals surface area contributed by atoms with Crippen molar-refractivity contribution in [2.45, 2.75) is 13.0 Å². The Balaban J connectivity index is 2.10. The van der Waals surface area contributed by atoms with Gasteiger partial charge >= 0.3 is 0 Å². The zero-order chi connectivity index (χ0) is 14.4. The van der Waals surface area contributed by atoms with Crippen LogP contribution >= 0.6 is 0 Å². The molecule has 1 heterocycles. The smallest absolute Gasteiger partial charge is 0.257 e. The molecule has 1 atom stereocenters. The van der Waals surface area contributed by atoms with E-state index >= 15 is 0 Å². The van der Waals surface area contributed by atoms with Crippen molar-refractivity contribution in [2.24, 2.45) is 0 Å². The van der Waals surface area contributed by atoms with Crippen LogP contribution in [0.1, 0.15) is 17.3 Å². The number of ether oxygens (including phenoxy) is 2. The Morgan fingerprint density at radius 2 is 2.25 bits per heavy atom. The number of carbonyl (C=O) groups is 1. The van der Waals surface area contributed by atoms with Gasteiger partial charge in [-0.05, 0) is 18.7 Å². The van der Waals surface area contributed by atoms with E-state index in [1.807, 2.05) is 36.1 Å². The SMILES string of the molecule is CCNC(COC)CN1CCOc2ccccc2C1=O. The van der Waals surface area contributed by atoms with Gasteiger partial charge in [0.1, 0.15) is 12.4 Å². The first-order valence-electron chi connectivity index (χ1n) is 6.99. The van der Waals surface area contributed by atoms with Crippen LogP contribution in [0.15, 0.2) is 24.3 Å². The number of benzene rings is 1. The summed E-state index contributed by atoms with van der Waals surface area (Å²) in [6.07, 6.45) is 0. The number of amides is 1. The average molecular weight is 278 g/mol. The summed E-state index contributed by atoms with van der Waals surface area (Å²) in [5.74, 6) is 0.698. The molecule has 0 bridgehead atoms. The largest absolute Gasteiger partial charge is 0.491 e. The molecule has 1 aliphatic rings. The number of fused-ring (bicyclic) bond motifs is 1. The van der Waals surface area contributed by atoms with Crippen molar-refractivity contribution in [1.82, 2.24) is 10.2 Å². The van der Waals surface area contributed by atoms with Gasteiger partial charge in [0.2, 0.25) is 0 Å². The minimum Gasteiger partial charge on any atom is -0.491 e. The van der Waals surface area contributed by atoms with Gasteiger partial charge < -0.3 is 19.7 Å². The molecule has 0 saturated heterocycles. The number of carbonyl (C=O) groups excluding carboxylic acids is 1.